The molecule has 2 aromatic rings. The van der Waals surface area contributed by atoms with Gasteiger partial charge < -0.3 is 10.0 Å². The molecule has 0 saturated carbocycles. The van der Waals surface area contributed by atoms with E-state index in [0.717, 1.165) is 4.90 Å². The van der Waals surface area contributed by atoms with Crippen LogP contribution in [0.25, 0.3) is 5.69 Å². The molecular formula is C17H15F4N3O3. The van der Waals surface area contributed by atoms with E-state index in [-0.39, 0.29) is 5.56 Å². The number of carbonyl (C=O) groups excluding carboxylic acids is 1. The Hall–Kier alpha value is -2.91. The van der Waals surface area contributed by atoms with Crippen molar-refractivity contribution in [2.24, 2.45) is 11.8 Å². The van der Waals surface area contributed by atoms with Gasteiger partial charge in [0.05, 0.1) is 35.0 Å². The molecule has 1 amide bonds. The predicted octanol–water partition coefficient (Wildman–Crippen LogP) is 2.65. The van der Waals surface area contributed by atoms with E-state index in [0.29, 0.717) is 11.4 Å². The Morgan fingerprint density at radius 2 is 1.81 bits per heavy atom. The number of benzene rings is 1. The van der Waals surface area contributed by atoms with Crippen LogP contribution in [0, 0.1) is 24.6 Å². The van der Waals surface area contributed by atoms with Crippen molar-refractivity contribution < 1.29 is 32.3 Å². The van der Waals surface area contributed by atoms with Crippen LogP contribution in [0.1, 0.15) is 16.1 Å². The van der Waals surface area contributed by atoms with Gasteiger partial charge in [-0.2, -0.15) is 18.3 Å². The summed E-state index contributed by atoms with van der Waals surface area (Å²) in [6.07, 6.45) is -3.51. The summed E-state index contributed by atoms with van der Waals surface area (Å²) in [7, 11) is 0. The highest BCUT2D eigenvalue weighted by Crippen LogP contribution is 2.38. The summed E-state index contributed by atoms with van der Waals surface area (Å²) in [6.45, 7) is 0.301. The molecule has 27 heavy (non-hydrogen) atoms. The van der Waals surface area contributed by atoms with Crippen LogP contribution < -0.4 is 0 Å². The number of halogens is 4. The van der Waals surface area contributed by atoms with Crippen molar-refractivity contribution in [1.82, 2.24) is 14.7 Å². The van der Waals surface area contributed by atoms with Crippen molar-refractivity contribution >= 4 is 11.9 Å². The van der Waals surface area contributed by atoms with Gasteiger partial charge in [0, 0.05) is 13.1 Å². The van der Waals surface area contributed by atoms with Gasteiger partial charge in [-0.3, -0.25) is 9.59 Å². The van der Waals surface area contributed by atoms with Gasteiger partial charge in [-0.15, -0.1) is 0 Å². The Morgan fingerprint density at radius 1 is 1.19 bits per heavy atom. The first kappa shape index (κ1) is 18.9. The fraction of sp³-hybridized carbons (Fsp3) is 0.353. The molecule has 0 bridgehead atoms. The van der Waals surface area contributed by atoms with Gasteiger partial charge in [0.25, 0.3) is 5.91 Å². The van der Waals surface area contributed by atoms with Crippen molar-refractivity contribution in [3.63, 3.8) is 0 Å². The Bertz CT molecular complexity index is 877. The number of aliphatic carboxylic acids is 1. The molecule has 3 rings (SSSR count). The molecule has 0 unspecified atom stereocenters. The first-order valence-electron chi connectivity index (χ1n) is 7.99. The summed E-state index contributed by atoms with van der Waals surface area (Å²) in [5.41, 5.74) is 0.895. The van der Waals surface area contributed by atoms with E-state index in [4.69, 9.17) is 5.11 Å². The van der Waals surface area contributed by atoms with Crippen LogP contribution in [0.15, 0.2) is 30.5 Å². The lowest BCUT2D eigenvalue weighted by Gasteiger charge is -2.18. The molecule has 1 N–H and O–H groups in total. The number of hydrogen-bond acceptors (Lipinski definition) is 3. The minimum absolute atomic E-state index is 0.0614. The Morgan fingerprint density at radius 3 is 2.33 bits per heavy atom. The second kappa shape index (κ2) is 6.67. The number of carboxylic acids is 1. The molecule has 10 heteroatoms. The summed E-state index contributed by atoms with van der Waals surface area (Å²) in [5, 5.41) is 13.1. The molecular weight excluding hydrogens is 370 g/mol. The highest BCUT2D eigenvalue weighted by molar-refractivity contribution is 5.95. The maximum Gasteiger partial charge on any atom is 0.394 e. The number of amides is 1. The molecule has 1 aromatic heterocycles. The Balaban J connectivity index is 1.87. The lowest BCUT2D eigenvalue weighted by molar-refractivity contribution is -0.187. The second-order valence-electron chi connectivity index (χ2n) is 6.33. The minimum atomic E-state index is -4.72. The van der Waals surface area contributed by atoms with Crippen molar-refractivity contribution in [2.75, 3.05) is 13.1 Å². The molecule has 6 nitrogen and oxygen atoms in total. The number of carboxylic acid groups (broad SMARTS) is 1. The molecule has 2 atom stereocenters. The van der Waals surface area contributed by atoms with Crippen molar-refractivity contribution in [3.05, 3.63) is 47.5 Å². The smallest absolute Gasteiger partial charge is 0.394 e. The molecule has 1 saturated heterocycles. The zero-order valence-electron chi connectivity index (χ0n) is 14.1. The van der Waals surface area contributed by atoms with Gasteiger partial charge in [0.15, 0.2) is 0 Å². The number of rotatable bonds is 3. The third-order valence-corrected chi connectivity index (χ3v) is 4.66. The fourth-order valence-corrected chi connectivity index (χ4v) is 3.18. The lowest BCUT2D eigenvalue weighted by atomic mass is 9.96. The normalized spacial score (nSPS) is 20.1. The molecule has 0 aliphatic carbocycles. The van der Waals surface area contributed by atoms with Gasteiger partial charge in [0.1, 0.15) is 5.82 Å². The fourth-order valence-electron chi connectivity index (χ4n) is 3.18. The number of hydrogen-bond donors (Lipinski definition) is 1. The van der Waals surface area contributed by atoms with Crippen LogP contribution in [-0.4, -0.2) is 50.9 Å². The maximum absolute atomic E-state index is 13.1. The van der Waals surface area contributed by atoms with Gasteiger partial charge >= 0.3 is 12.1 Å². The van der Waals surface area contributed by atoms with Crippen LogP contribution in [-0.2, 0) is 4.79 Å². The van der Waals surface area contributed by atoms with Crippen molar-refractivity contribution in [1.29, 1.82) is 0 Å². The van der Waals surface area contributed by atoms with E-state index in [2.05, 4.69) is 5.10 Å². The van der Waals surface area contributed by atoms with E-state index in [1.807, 2.05) is 0 Å². The zero-order valence-corrected chi connectivity index (χ0v) is 14.1. The third-order valence-electron chi connectivity index (χ3n) is 4.66. The SMILES string of the molecule is Cc1c(C(=O)N2C[C@@H](C(F)(F)F)[C@H](C(=O)O)C2)cnn1-c1ccc(F)cc1. The van der Waals surface area contributed by atoms with E-state index >= 15 is 0 Å². The van der Waals surface area contributed by atoms with Crippen LogP contribution in [0.5, 0.6) is 0 Å². The quantitative estimate of drug-likeness (QED) is 0.825. The summed E-state index contributed by atoms with van der Waals surface area (Å²) >= 11 is 0. The second-order valence-corrected chi connectivity index (χ2v) is 6.33. The van der Waals surface area contributed by atoms with Crippen molar-refractivity contribution in [2.45, 2.75) is 13.1 Å². The predicted molar refractivity (Wildman–Crippen MR) is 84.8 cm³/mol. The van der Waals surface area contributed by atoms with Crippen LogP contribution in [0.3, 0.4) is 0 Å². The number of carbonyl (C=O) groups is 2. The molecule has 1 aliphatic rings. The lowest BCUT2D eigenvalue weighted by Crippen LogP contribution is -2.34. The number of alkyl halides is 3. The highest BCUT2D eigenvalue weighted by atomic mass is 19.4. The Labute approximate surface area is 151 Å². The van der Waals surface area contributed by atoms with Gasteiger partial charge in [-0.1, -0.05) is 0 Å². The van der Waals surface area contributed by atoms with Gasteiger partial charge in [-0.25, -0.2) is 9.07 Å². The molecule has 0 radical (unpaired) electrons. The average molecular weight is 385 g/mol. The molecule has 1 fully saturated rings. The minimum Gasteiger partial charge on any atom is -0.481 e. The number of aromatic nitrogens is 2. The largest absolute Gasteiger partial charge is 0.481 e. The standard InChI is InChI=1S/C17H15F4N3O3/c1-9-12(6-22-24(9)11-4-2-10(18)3-5-11)15(25)23-7-13(16(26)27)14(8-23)17(19,20)21/h2-6,13-14H,7-8H2,1H3,(H,26,27)/t13-,14-/m1/s1. The third kappa shape index (κ3) is 3.51. The van der Waals surface area contributed by atoms with E-state index < -0.39 is 48.8 Å². The first-order valence-corrected chi connectivity index (χ1v) is 7.99. The zero-order chi connectivity index (χ0) is 19.9. The molecule has 144 valence electrons. The summed E-state index contributed by atoms with van der Waals surface area (Å²) in [5.74, 6) is -6.59. The van der Waals surface area contributed by atoms with E-state index in [9.17, 15) is 27.2 Å². The molecule has 1 aromatic carbocycles. The van der Waals surface area contributed by atoms with E-state index in [1.54, 1.807) is 6.92 Å². The summed E-state index contributed by atoms with van der Waals surface area (Å²) < 4.78 is 53.7. The monoisotopic (exact) mass is 385 g/mol. The van der Waals surface area contributed by atoms with Crippen LogP contribution in [0.4, 0.5) is 17.6 Å². The maximum atomic E-state index is 13.1. The average Bonchev–Trinajstić information content (AvgIpc) is 3.19. The highest BCUT2D eigenvalue weighted by Gasteiger charge is 2.53. The summed E-state index contributed by atoms with van der Waals surface area (Å²) in [4.78, 5) is 24.7. The van der Waals surface area contributed by atoms with Gasteiger partial charge in [-0.05, 0) is 31.2 Å². The van der Waals surface area contributed by atoms with Crippen molar-refractivity contribution in [3.8, 4) is 5.69 Å². The molecule has 1 aliphatic heterocycles. The first-order chi connectivity index (χ1) is 12.6. The van der Waals surface area contributed by atoms with Crippen LogP contribution in [0.2, 0.25) is 0 Å². The van der Waals surface area contributed by atoms with E-state index in [1.165, 1.54) is 35.1 Å². The number of likely N-dealkylation sites (tertiary alicyclic amines) is 1. The van der Waals surface area contributed by atoms with Gasteiger partial charge in [0.2, 0.25) is 0 Å². The number of nitrogens with zero attached hydrogens (tertiary/aromatic N) is 3. The molecule has 2 heterocycles. The summed E-state index contributed by atoms with van der Waals surface area (Å²) in [6, 6.07) is 5.31. The topological polar surface area (TPSA) is 75.4 Å². The Kier molecular flexibility index (Phi) is 4.66. The molecule has 0 spiro atoms. The van der Waals surface area contributed by atoms with Crippen LogP contribution >= 0.6 is 0 Å².